The van der Waals surface area contributed by atoms with Crippen LogP contribution in [0.15, 0.2) is 42.5 Å². The molecular weight excluding hydrogens is 428 g/mol. The second-order valence-electron chi connectivity index (χ2n) is 6.28. The summed E-state index contributed by atoms with van der Waals surface area (Å²) in [5.41, 5.74) is 2.96. The first-order valence-corrected chi connectivity index (χ1v) is 10.6. The Morgan fingerprint density at radius 1 is 1.03 bits per heavy atom. The largest absolute Gasteiger partial charge is 0.326 e. The van der Waals surface area contributed by atoms with E-state index < -0.39 is 0 Å². The number of rotatable bonds is 4. The minimum Gasteiger partial charge on any atom is -0.326 e. The fourth-order valence-corrected chi connectivity index (χ4v) is 4.81. The zero-order chi connectivity index (χ0) is 20.5. The fourth-order valence-electron chi connectivity index (χ4n) is 2.77. The monoisotopic (exact) mass is 442 g/mol. The lowest BCUT2D eigenvalue weighted by Gasteiger charge is -1.99. The summed E-state index contributed by atoms with van der Waals surface area (Å²) < 4.78 is 0.868. The van der Waals surface area contributed by atoms with Crippen LogP contribution in [0.4, 0.5) is 10.8 Å². The Morgan fingerprint density at radius 2 is 1.86 bits per heavy atom. The van der Waals surface area contributed by atoms with Gasteiger partial charge < -0.3 is 5.32 Å². The van der Waals surface area contributed by atoms with Gasteiger partial charge in [0.2, 0.25) is 5.91 Å². The van der Waals surface area contributed by atoms with Crippen molar-refractivity contribution in [3.8, 4) is 10.6 Å². The van der Waals surface area contributed by atoms with E-state index in [1.165, 1.54) is 29.6 Å². The maximum Gasteiger partial charge on any atom is 0.269 e. The van der Waals surface area contributed by atoms with Crippen LogP contribution in [-0.2, 0) is 4.79 Å². The van der Waals surface area contributed by atoms with Crippen molar-refractivity contribution in [2.75, 3.05) is 10.6 Å². The van der Waals surface area contributed by atoms with Gasteiger partial charge in [-0.2, -0.15) is 0 Å². The van der Waals surface area contributed by atoms with Crippen molar-refractivity contribution < 1.29 is 9.59 Å². The number of fused-ring (bicyclic) bond motifs is 1. The molecule has 4 rings (SSSR count). The van der Waals surface area contributed by atoms with Crippen LogP contribution in [0.5, 0.6) is 0 Å². The van der Waals surface area contributed by atoms with Gasteiger partial charge in [0.25, 0.3) is 5.91 Å². The molecule has 4 aromatic rings. The van der Waals surface area contributed by atoms with Crippen LogP contribution in [0.3, 0.4) is 0 Å². The smallest absolute Gasteiger partial charge is 0.269 e. The predicted molar refractivity (Wildman–Crippen MR) is 119 cm³/mol. The molecule has 0 spiro atoms. The number of hydrogen-bond donors (Lipinski definition) is 2. The first-order valence-electron chi connectivity index (χ1n) is 8.62. The van der Waals surface area contributed by atoms with Gasteiger partial charge in [-0.3, -0.25) is 14.9 Å². The summed E-state index contributed by atoms with van der Waals surface area (Å²) in [6.07, 6.45) is 0. The SMILES string of the molecule is CC(=O)Nc1ccc2nc(NC(=O)c3sc(-c4cccc(Cl)c4)nc3C)sc2c1. The molecule has 9 heteroatoms. The molecule has 146 valence electrons. The Labute approximate surface area is 179 Å². The maximum atomic E-state index is 12.8. The number of carbonyl (C=O) groups excluding carboxylic acids is 2. The highest BCUT2D eigenvalue weighted by Crippen LogP contribution is 2.32. The highest BCUT2D eigenvalue weighted by atomic mass is 35.5. The molecule has 2 heterocycles. The van der Waals surface area contributed by atoms with Crippen LogP contribution in [0.25, 0.3) is 20.8 Å². The van der Waals surface area contributed by atoms with E-state index >= 15 is 0 Å². The molecule has 2 aromatic heterocycles. The molecule has 0 aliphatic heterocycles. The van der Waals surface area contributed by atoms with Crippen molar-refractivity contribution in [1.82, 2.24) is 9.97 Å². The average molecular weight is 443 g/mol. The third-order valence-corrected chi connectivity index (χ3v) is 6.38. The van der Waals surface area contributed by atoms with Gasteiger partial charge >= 0.3 is 0 Å². The van der Waals surface area contributed by atoms with E-state index in [9.17, 15) is 9.59 Å². The van der Waals surface area contributed by atoms with Gasteiger partial charge in [0.05, 0.1) is 15.9 Å². The third-order valence-electron chi connectivity index (χ3n) is 4.00. The zero-order valence-corrected chi connectivity index (χ0v) is 17.8. The van der Waals surface area contributed by atoms with Crippen molar-refractivity contribution in [3.05, 3.63) is 58.1 Å². The fraction of sp³-hybridized carbons (Fsp3) is 0.100. The van der Waals surface area contributed by atoms with Crippen molar-refractivity contribution >= 4 is 67.1 Å². The van der Waals surface area contributed by atoms with Crippen molar-refractivity contribution in [1.29, 1.82) is 0 Å². The highest BCUT2D eigenvalue weighted by molar-refractivity contribution is 7.22. The van der Waals surface area contributed by atoms with Crippen molar-refractivity contribution in [2.24, 2.45) is 0 Å². The summed E-state index contributed by atoms with van der Waals surface area (Å²) in [5, 5.41) is 7.43. The minimum atomic E-state index is -0.255. The van der Waals surface area contributed by atoms with Gasteiger partial charge in [0.15, 0.2) is 5.13 Å². The number of aromatic nitrogens is 2. The Bertz CT molecular complexity index is 1250. The molecule has 2 aromatic carbocycles. The molecule has 0 saturated heterocycles. The van der Waals surface area contributed by atoms with E-state index in [2.05, 4.69) is 20.6 Å². The number of anilines is 2. The van der Waals surface area contributed by atoms with Crippen molar-refractivity contribution in [2.45, 2.75) is 13.8 Å². The van der Waals surface area contributed by atoms with Gasteiger partial charge in [0, 0.05) is 23.2 Å². The molecule has 29 heavy (non-hydrogen) atoms. The lowest BCUT2D eigenvalue weighted by Crippen LogP contribution is -2.11. The Kier molecular flexibility index (Phi) is 5.31. The minimum absolute atomic E-state index is 0.140. The number of thiazole rings is 2. The molecular formula is C20H15ClN4O2S2. The number of nitrogens with zero attached hydrogens (tertiary/aromatic N) is 2. The predicted octanol–water partition coefficient (Wildman–Crippen LogP) is 5.59. The Balaban J connectivity index is 1.57. The number of carbonyl (C=O) groups is 2. The molecule has 0 fully saturated rings. The second-order valence-corrected chi connectivity index (χ2v) is 8.75. The van der Waals surface area contributed by atoms with Crippen molar-refractivity contribution in [3.63, 3.8) is 0 Å². The second kappa shape index (κ2) is 7.90. The lowest BCUT2D eigenvalue weighted by molar-refractivity contribution is -0.114. The molecule has 0 aliphatic carbocycles. The average Bonchev–Trinajstić information content (AvgIpc) is 3.23. The van der Waals surface area contributed by atoms with E-state index in [0.717, 1.165) is 20.8 Å². The van der Waals surface area contributed by atoms with E-state index in [4.69, 9.17) is 11.6 Å². The highest BCUT2D eigenvalue weighted by Gasteiger charge is 2.18. The molecule has 0 radical (unpaired) electrons. The van der Waals surface area contributed by atoms with Gasteiger partial charge in [-0.25, -0.2) is 9.97 Å². The zero-order valence-electron chi connectivity index (χ0n) is 15.4. The molecule has 0 atom stereocenters. The van der Waals surface area contributed by atoms with Crippen LogP contribution in [0.2, 0.25) is 5.02 Å². The summed E-state index contributed by atoms with van der Waals surface area (Å²) >= 11 is 8.71. The molecule has 0 bridgehead atoms. The van der Waals surface area contributed by atoms with E-state index in [1.807, 2.05) is 30.3 Å². The Morgan fingerprint density at radius 3 is 2.62 bits per heavy atom. The van der Waals surface area contributed by atoms with Gasteiger partial charge in [0.1, 0.15) is 9.88 Å². The Hall–Kier alpha value is -2.81. The van der Waals surface area contributed by atoms with Crippen LogP contribution >= 0.6 is 34.3 Å². The van der Waals surface area contributed by atoms with E-state index in [0.29, 0.717) is 26.4 Å². The number of benzene rings is 2. The van der Waals surface area contributed by atoms with Gasteiger partial charge in [-0.05, 0) is 37.3 Å². The number of nitrogens with one attached hydrogen (secondary N) is 2. The van der Waals surface area contributed by atoms with Crippen LogP contribution < -0.4 is 10.6 Å². The van der Waals surface area contributed by atoms with E-state index in [-0.39, 0.29) is 11.8 Å². The quantitative estimate of drug-likeness (QED) is 0.431. The van der Waals surface area contributed by atoms with Gasteiger partial charge in [-0.1, -0.05) is 35.1 Å². The van der Waals surface area contributed by atoms with Crippen LogP contribution in [0.1, 0.15) is 22.3 Å². The third kappa shape index (κ3) is 4.29. The molecule has 2 amide bonds. The summed E-state index contributed by atoms with van der Waals surface area (Å²) in [6.45, 7) is 3.26. The summed E-state index contributed by atoms with van der Waals surface area (Å²) in [4.78, 5) is 33.5. The number of amides is 2. The molecule has 2 N–H and O–H groups in total. The first kappa shape index (κ1) is 19.5. The lowest BCUT2D eigenvalue weighted by atomic mass is 10.2. The van der Waals surface area contributed by atoms with Crippen LogP contribution in [-0.4, -0.2) is 21.8 Å². The number of halogens is 1. The summed E-state index contributed by atoms with van der Waals surface area (Å²) in [5.74, 6) is -0.395. The molecule has 0 unspecified atom stereocenters. The first-order chi connectivity index (χ1) is 13.9. The summed E-state index contributed by atoms with van der Waals surface area (Å²) in [7, 11) is 0. The van der Waals surface area contributed by atoms with Crippen LogP contribution in [0, 0.1) is 6.92 Å². The standard InChI is InChI=1S/C20H15ClN4O2S2/c1-10-17(29-19(22-10)12-4-3-5-13(21)8-12)18(27)25-20-24-15-7-6-14(23-11(2)26)9-16(15)28-20/h3-9H,1-2H3,(H,23,26)(H,24,25,27). The maximum absolute atomic E-state index is 12.8. The molecule has 6 nitrogen and oxygen atoms in total. The molecule has 0 saturated carbocycles. The number of hydrogen-bond acceptors (Lipinski definition) is 6. The molecule has 0 aliphatic rings. The topological polar surface area (TPSA) is 84.0 Å². The van der Waals surface area contributed by atoms with E-state index in [1.54, 1.807) is 19.1 Å². The summed E-state index contributed by atoms with van der Waals surface area (Å²) in [6, 6.07) is 12.8. The van der Waals surface area contributed by atoms with Gasteiger partial charge in [-0.15, -0.1) is 11.3 Å². The normalized spacial score (nSPS) is 10.9. The number of aryl methyl sites for hydroxylation is 1.